The summed E-state index contributed by atoms with van der Waals surface area (Å²) in [5.74, 6) is 1.09. The molecule has 0 saturated heterocycles. The van der Waals surface area contributed by atoms with Crippen molar-refractivity contribution in [2.45, 2.75) is 20.3 Å². The Morgan fingerprint density at radius 1 is 1.18 bits per heavy atom. The Kier molecular flexibility index (Phi) is 4.29. The molecule has 2 aromatic heterocycles. The zero-order valence-corrected chi connectivity index (χ0v) is 14.1. The molecule has 0 fully saturated rings. The molecule has 0 amide bonds. The first-order valence-electron chi connectivity index (χ1n) is 7.25. The van der Waals surface area contributed by atoms with Crippen LogP contribution in [0.3, 0.4) is 0 Å². The molecule has 2 N–H and O–H groups in total. The number of hydrogen-bond acceptors (Lipinski definition) is 4. The number of nitrogens with zero attached hydrogens (tertiary/aromatic N) is 2. The van der Waals surface area contributed by atoms with Gasteiger partial charge in [0.25, 0.3) is 0 Å². The van der Waals surface area contributed by atoms with E-state index in [1.165, 1.54) is 0 Å². The maximum atomic E-state index is 5.70. The van der Waals surface area contributed by atoms with Crippen LogP contribution in [0.25, 0.3) is 11.0 Å². The van der Waals surface area contributed by atoms with E-state index in [-0.39, 0.29) is 0 Å². The Balaban J connectivity index is 2.08. The van der Waals surface area contributed by atoms with Crippen LogP contribution in [0.2, 0.25) is 0 Å². The van der Waals surface area contributed by atoms with Crippen molar-refractivity contribution >= 4 is 38.6 Å². The summed E-state index contributed by atoms with van der Waals surface area (Å²) in [5.41, 5.74) is 2.79. The number of aryl methyl sites for hydroxylation is 1. The molecule has 0 aliphatic carbocycles. The van der Waals surface area contributed by atoms with Gasteiger partial charge in [0.05, 0.1) is 16.5 Å². The van der Waals surface area contributed by atoms with Gasteiger partial charge < -0.3 is 15.0 Å². The minimum Gasteiger partial charge on any atom is -0.477 e. The summed E-state index contributed by atoms with van der Waals surface area (Å²) < 4.78 is 6.67. The molecular weight excluding hydrogens is 344 g/mol. The Morgan fingerprint density at radius 2 is 1.95 bits per heavy atom. The van der Waals surface area contributed by atoms with E-state index in [0.717, 1.165) is 33.3 Å². The number of H-pyrrole nitrogens is 1. The van der Waals surface area contributed by atoms with Crippen LogP contribution in [0.5, 0.6) is 5.88 Å². The second-order valence-electron chi connectivity index (χ2n) is 4.77. The second kappa shape index (κ2) is 6.36. The first-order valence-corrected chi connectivity index (χ1v) is 8.05. The van der Waals surface area contributed by atoms with Crippen molar-refractivity contribution in [3.05, 3.63) is 40.5 Å². The van der Waals surface area contributed by atoms with Gasteiger partial charge in [-0.2, -0.15) is 9.97 Å². The molecule has 2 heterocycles. The largest absolute Gasteiger partial charge is 0.477 e. The molecule has 3 aromatic rings. The predicted octanol–water partition coefficient (Wildman–Crippen LogP) is 4.43. The van der Waals surface area contributed by atoms with Gasteiger partial charge in [-0.05, 0) is 41.4 Å². The van der Waals surface area contributed by atoms with Crippen LogP contribution in [-0.2, 0) is 6.42 Å². The van der Waals surface area contributed by atoms with E-state index in [2.05, 4.69) is 43.1 Å². The van der Waals surface area contributed by atoms with Gasteiger partial charge in [-0.1, -0.05) is 25.1 Å². The first kappa shape index (κ1) is 14.8. The van der Waals surface area contributed by atoms with E-state index in [1.54, 1.807) is 0 Å². The van der Waals surface area contributed by atoms with Gasteiger partial charge in [0, 0.05) is 11.4 Å². The van der Waals surface area contributed by atoms with Gasteiger partial charge in [0.1, 0.15) is 5.65 Å². The lowest BCUT2D eigenvalue weighted by molar-refractivity contribution is 0.331. The van der Waals surface area contributed by atoms with Crippen LogP contribution < -0.4 is 10.1 Å². The van der Waals surface area contributed by atoms with E-state index >= 15 is 0 Å². The average Bonchev–Trinajstić information content (AvgIpc) is 2.85. The molecule has 0 atom stereocenters. The van der Waals surface area contributed by atoms with Gasteiger partial charge >= 0.3 is 0 Å². The summed E-state index contributed by atoms with van der Waals surface area (Å²) in [5, 5.41) is 4.09. The fraction of sp³-hybridized carbons (Fsp3) is 0.250. The van der Waals surface area contributed by atoms with E-state index in [1.807, 2.05) is 37.3 Å². The highest BCUT2D eigenvalue weighted by Gasteiger charge is 2.17. The molecule has 0 unspecified atom stereocenters. The minimum atomic E-state index is 0.513. The zero-order valence-electron chi connectivity index (χ0n) is 12.5. The van der Waals surface area contributed by atoms with Gasteiger partial charge in [-0.3, -0.25) is 0 Å². The summed E-state index contributed by atoms with van der Waals surface area (Å²) in [6.45, 7) is 4.59. The van der Waals surface area contributed by atoms with Gasteiger partial charge in [0.15, 0.2) is 0 Å². The van der Waals surface area contributed by atoms with Crippen molar-refractivity contribution in [1.82, 2.24) is 15.0 Å². The molecule has 22 heavy (non-hydrogen) atoms. The number of rotatable bonds is 5. The predicted molar refractivity (Wildman–Crippen MR) is 91.9 cm³/mol. The number of benzene rings is 1. The number of halogens is 1. The van der Waals surface area contributed by atoms with Crippen LogP contribution in [-0.4, -0.2) is 21.6 Å². The highest BCUT2D eigenvalue weighted by Crippen LogP contribution is 2.34. The third kappa shape index (κ3) is 2.78. The van der Waals surface area contributed by atoms with Crippen molar-refractivity contribution < 1.29 is 4.74 Å². The summed E-state index contributed by atoms with van der Waals surface area (Å²) in [6.07, 6.45) is 0.879. The molecule has 0 saturated carbocycles. The maximum Gasteiger partial charge on any atom is 0.232 e. The van der Waals surface area contributed by atoms with E-state index in [9.17, 15) is 0 Å². The van der Waals surface area contributed by atoms with Gasteiger partial charge in [-0.25, -0.2) is 0 Å². The summed E-state index contributed by atoms with van der Waals surface area (Å²) >= 11 is 3.61. The summed E-state index contributed by atoms with van der Waals surface area (Å²) in [7, 11) is 0. The standard InChI is InChI=1S/C16H17BrN4O/c1-3-11-13(17)12-14(19-11)20-16(21-15(12)22-4-2)18-10-8-6-5-7-9-10/h5-9H,3-4H2,1-2H3,(H2,18,19,20,21). The number of aromatic nitrogens is 3. The minimum absolute atomic E-state index is 0.513. The monoisotopic (exact) mass is 360 g/mol. The van der Waals surface area contributed by atoms with Crippen LogP contribution in [0, 0.1) is 0 Å². The number of hydrogen-bond donors (Lipinski definition) is 2. The highest BCUT2D eigenvalue weighted by atomic mass is 79.9. The quantitative estimate of drug-likeness (QED) is 0.706. The van der Waals surface area contributed by atoms with Crippen molar-refractivity contribution in [1.29, 1.82) is 0 Å². The molecule has 6 heteroatoms. The lowest BCUT2D eigenvalue weighted by Gasteiger charge is -2.08. The van der Waals surface area contributed by atoms with Crippen LogP contribution in [0.4, 0.5) is 11.6 Å². The Morgan fingerprint density at radius 3 is 2.64 bits per heavy atom. The molecule has 1 aromatic carbocycles. The Hall–Kier alpha value is -2.08. The SMILES string of the molecule is CCOc1nc(Nc2ccccc2)nc2[nH]c(CC)c(Br)c12. The fourth-order valence-electron chi connectivity index (χ4n) is 2.27. The number of anilines is 2. The van der Waals surface area contributed by atoms with Crippen molar-refractivity contribution in [3.63, 3.8) is 0 Å². The summed E-state index contributed by atoms with van der Waals surface area (Å²) in [6, 6.07) is 9.83. The number of nitrogens with one attached hydrogen (secondary N) is 2. The normalized spacial score (nSPS) is 10.9. The molecule has 0 aliphatic heterocycles. The molecule has 0 aliphatic rings. The van der Waals surface area contributed by atoms with Crippen molar-refractivity contribution in [2.24, 2.45) is 0 Å². The van der Waals surface area contributed by atoms with Crippen LogP contribution >= 0.6 is 15.9 Å². The number of ether oxygens (including phenoxy) is 1. The third-order valence-corrected chi connectivity index (χ3v) is 4.17. The molecule has 3 rings (SSSR count). The lowest BCUT2D eigenvalue weighted by Crippen LogP contribution is -2.01. The van der Waals surface area contributed by atoms with E-state index < -0.39 is 0 Å². The Bertz CT molecular complexity index is 786. The lowest BCUT2D eigenvalue weighted by atomic mass is 10.3. The number of aromatic amines is 1. The maximum absolute atomic E-state index is 5.70. The molecule has 0 bridgehead atoms. The first-order chi connectivity index (χ1) is 10.7. The molecule has 0 spiro atoms. The smallest absolute Gasteiger partial charge is 0.232 e. The van der Waals surface area contributed by atoms with Crippen LogP contribution in [0.1, 0.15) is 19.5 Å². The average molecular weight is 361 g/mol. The van der Waals surface area contributed by atoms with Crippen molar-refractivity contribution in [2.75, 3.05) is 11.9 Å². The second-order valence-corrected chi connectivity index (χ2v) is 5.56. The molecular formula is C16H17BrN4O. The zero-order chi connectivity index (χ0) is 15.5. The molecule has 5 nitrogen and oxygen atoms in total. The fourth-order valence-corrected chi connectivity index (χ4v) is 3.01. The number of fused-ring (bicyclic) bond motifs is 1. The summed E-state index contributed by atoms with van der Waals surface area (Å²) in [4.78, 5) is 12.4. The van der Waals surface area contributed by atoms with Crippen molar-refractivity contribution in [3.8, 4) is 5.88 Å². The molecule has 0 radical (unpaired) electrons. The van der Waals surface area contributed by atoms with Gasteiger partial charge in [-0.15, -0.1) is 0 Å². The molecule has 114 valence electrons. The van der Waals surface area contributed by atoms with Crippen LogP contribution in [0.15, 0.2) is 34.8 Å². The number of para-hydroxylation sites is 1. The highest BCUT2D eigenvalue weighted by molar-refractivity contribution is 9.10. The third-order valence-electron chi connectivity index (χ3n) is 3.29. The van der Waals surface area contributed by atoms with E-state index in [4.69, 9.17) is 4.74 Å². The topological polar surface area (TPSA) is 62.8 Å². The van der Waals surface area contributed by atoms with Gasteiger partial charge in [0.2, 0.25) is 11.8 Å². The van der Waals surface area contributed by atoms with E-state index in [0.29, 0.717) is 18.4 Å². The Labute approximate surface area is 137 Å².